The van der Waals surface area contributed by atoms with E-state index >= 15 is 0 Å². The summed E-state index contributed by atoms with van der Waals surface area (Å²) in [7, 11) is 0. The summed E-state index contributed by atoms with van der Waals surface area (Å²) in [6, 6.07) is 9.93. The second-order valence-electron chi connectivity index (χ2n) is 2.97. The molecule has 3 nitrogen and oxygen atoms in total. The van der Waals surface area contributed by atoms with Gasteiger partial charge in [0.05, 0.1) is 12.5 Å². The van der Waals surface area contributed by atoms with Crippen LogP contribution < -0.4 is 0 Å². The van der Waals surface area contributed by atoms with Gasteiger partial charge in [0.15, 0.2) is 0 Å². The van der Waals surface area contributed by atoms with Crippen LogP contribution in [0.3, 0.4) is 0 Å². The van der Waals surface area contributed by atoms with Gasteiger partial charge in [-0.3, -0.25) is 0 Å². The second kappa shape index (κ2) is 3.75. The Morgan fingerprint density at radius 3 is 2.64 bits per heavy atom. The number of imidazole rings is 1. The largest absolute Gasteiger partial charge is 0.345 e. The average molecular weight is 183 g/mol. The molecular weight excluding hydrogens is 174 g/mol. The molecule has 1 heterocycles. The molecule has 0 spiro atoms. The van der Waals surface area contributed by atoms with Crippen molar-refractivity contribution in [2.75, 3.05) is 0 Å². The van der Waals surface area contributed by atoms with Crippen molar-refractivity contribution in [3.05, 3.63) is 42.2 Å². The van der Waals surface area contributed by atoms with Gasteiger partial charge in [-0.15, -0.1) is 0 Å². The van der Waals surface area contributed by atoms with Gasteiger partial charge in [-0.2, -0.15) is 5.26 Å². The summed E-state index contributed by atoms with van der Waals surface area (Å²) < 4.78 is 0. The van der Waals surface area contributed by atoms with Gasteiger partial charge < -0.3 is 4.98 Å². The molecule has 0 aliphatic rings. The maximum atomic E-state index is 8.50. The molecule has 0 aliphatic heterocycles. The number of aromatic nitrogens is 2. The predicted octanol–water partition coefficient (Wildman–Crippen LogP) is 2.14. The van der Waals surface area contributed by atoms with E-state index < -0.39 is 0 Å². The van der Waals surface area contributed by atoms with Crippen molar-refractivity contribution in [3.8, 4) is 17.5 Å². The van der Waals surface area contributed by atoms with E-state index in [4.69, 9.17) is 5.26 Å². The molecule has 1 aromatic carbocycles. The lowest BCUT2D eigenvalue weighted by atomic mass is 10.1. The highest BCUT2D eigenvalue weighted by Gasteiger charge is 1.98. The standard InChI is InChI=1S/C11H9N3/c12-6-5-9-1-3-10(4-2-9)11-13-7-8-14-11/h1-4,7-8H,5H2,(H,13,14). The number of nitrogens with zero attached hydrogens (tertiary/aromatic N) is 2. The summed E-state index contributed by atoms with van der Waals surface area (Å²) in [6.45, 7) is 0. The van der Waals surface area contributed by atoms with E-state index in [1.807, 2.05) is 24.3 Å². The maximum absolute atomic E-state index is 8.50. The number of hydrogen-bond donors (Lipinski definition) is 1. The second-order valence-corrected chi connectivity index (χ2v) is 2.97. The minimum absolute atomic E-state index is 0.457. The van der Waals surface area contributed by atoms with Crippen molar-refractivity contribution in [1.82, 2.24) is 9.97 Å². The van der Waals surface area contributed by atoms with Crippen LogP contribution in [-0.2, 0) is 6.42 Å². The van der Waals surface area contributed by atoms with Gasteiger partial charge in [-0.05, 0) is 5.56 Å². The fourth-order valence-electron chi connectivity index (χ4n) is 1.29. The highest BCUT2D eigenvalue weighted by atomic mass is 14.9. The number of nitriles is 1. The van der Waals surface area contributed by atoms with Crippen LogP contribution >= 0.6 is 0 Å². The Hall–Kier alpha value is -2.08. The highest BCUT2D eigenvalue weighted by Crippen LogP contribution is 2.14. The molecule has 0 bridgehead atoms. The van der Waals surface area contributed by atoms with E-state index in [0.29, 0.717) is 6.42 Å². The fraction of sp³-hybridized carbons (Fsp3) is 0.0909. The molecule has 2 aromatic rings. The number of benzene rings is 1. The third-order valence-electron chi connectivity index (χ3n) is 2.01. The molecule has 0 saturated carbocycles. The molecule has 14 heavy (non-hydrogen) atoms. The van der Waals surface area contributed by atoms with Crippen molar-refractivity contribution < 1.29 is 0 Å². The van der Waals surface area contributed by atoms with E-state index in [1.165, 1.54) is 0 Å². The first-order chi connectivity index (χ1) is 6.90. The molecule has 0 unspecified atom stereocenters. The van der Waals surface area contributed by atoms with Crippen molar-refractivity contribution in [1.29, 1.82) is 5.26 Å². The summed E-state index contributed by atoms with van der Waals surface area (Å²) in [5, 5.41) is 8.50. The molecule has 0 aliphatic carbocycles. The Balaban J connectivity index is 2.27. The third kappa shape index (κ3) is 1.64. The Kier molecular flexibility index (Phi) is 2.28. The topological polar surface area (TPSA) is 52.5 Å². The molecule has 0 fully saturated rings. The minimum Gasteiger partial charge on any atom is -0.345 e. The normalized spacial score (nSPS) is 9.64. The third-order valence-corrected chi connectivity index (χ3v) is 2.01. The number of rotatable bonds is 2. The number of aromatic amines is 1. The number of H-pyrrole nitrogens is 1. The number of hydrogen-bond acceptors (Lipinski definition) is 2. The van der Waals surface area contributed by atoms with Crippen molar-refractivity contribution >= 4 is 0 Å². The molecule has 3 heteroatoms. The summed E-state index contributed by atoms with van der Waals surface area (Å²) in [5.41, 5.74) is 2.07. The predicted molar refractivity (Wildman–Crippen MR) is 53.3 cm³/mol. The lowest BCUT2D eigenvalue weighted by Crippen LogP contribution is -1.83. The molecule has 0 saturated heterocycles. The molecular formula is C11H9N3. The number of nitrogens with one attached hydrogen (secondary N) is 1. The van der Waals surface area contributed by atoms with Gasteiger partial charge in [0.2, 0.25) is 0 Å². The molecule has 68 valence electrons. The lowest BCUT2D eigenvalue weighted by Gasteiger charge is -1.97. The molecule has 1 aromatic heterocycles. The highest BCUT2D eigenvalue weighted by molar-refractivity contribution is 5.55. The van der Waals surface area contributed by atoms with E-state index in [9.17, 15) is 0 Å². The average Bonchev–Trinajstić information content (AvgIpc) is 2.72. The van der Waals surface area contributed by atoms with Gasteiger partial charge in [0.25, 0.3) is 0 Å². The maximum Gasteiger partial charge on any atom is 0.137 e. The van der Waals surface area contributed by atoms with Gasteiger partial charge in [-0.1, -0.05) is 24.3 Å². The van der Waals surface area contributed by atoms with Crippen LogP contribution in [0.15, 0.2) is 36.7 Å². The first-order valence-electron chi connectivity index (χ1n) is 4.36. The fourth-order valence-corrected chi connectivity index (χ4v) is 1.29. The Labute approximate surface area is 82.0 Å². The molecule has 0 amide bonds. The van der Waals surface area contributed by atoms with E-state index in [-0.39, 0.29) is 0 Å². The molecule has 0 atom stereocenters. The van der Waals surface area contributed by atoms with Gasteiger partial charge in [0.1, 0.15) is 5.82 Å². The molecule has 0 radical (unpaired) electrons. The zero-order valence-electron chi connectivity index (χ0n) is 7.57. The van der Waals surface area contributed by atoms with E-state index in [1.54, 1.807) is 12.4 Å². The Bertz CT molecular complexity index is 434. The van der Waals surface area contributed by atoms with Crippen LogP contribution in [0.25, 0.3) is 11.4 Å². The Morgan fingerprint density at radius 2 is 2.07 bits per heavy atom. The van der Waals surface area contributed by atoms with Gasteiger partial charge >= 0.3 is 0 Å². The van der Waals surface area contributed by atoms with Crippen molar-refractivity contribution in [3.63, 3.8) is 0 Å². The summed E-state index contributed by atoms with van der Waals surface area (Å²) >= 11 is 0. The smallest absolute Gasteiger partial charge is 0.137 e. The first-order valence-corrected chi connectivity index (χ1v) is 4.36. The zero-order chi connectivity index (χ0) is 9.80. The van der Waals surface area contributed by atoms with Crippen LogP contribution in [-0.4, -0.2) is 9.97 Å². The summed E-state index contributed by atoms with van der Waals surface area (Å²) in [6.07, 6.45) is 3.97. The summed E-state index contributed by atoms with van der Waals surface area (Å²) in [4.78, 5) is 7.17. The van der Waals surface area contributed by atoms with Crippen LogP contribution in [0, 0.1) is 11.3 Å². The van der Waals surface area contributed by atoms with Crippen LogP contribution in [0.1, 0.15) is 5.56 Å². The SMILES string of the molecule is N#CCc1ccc(-c2ncc[nH]2)cc1. The summed E-state index contributed by atoms with van der Waals surface area (Å²) in [5.74, 6) is 0.855. The quantitative estimate of drug-likeness (QED) is 0.775. The van der Waals surface area contributed by atoms with Gasteiger partial charge in [0, 0.05) is 18.0 Å². The van der Waals surface area contributed by atoms with Gasteiger partial charge in [-0.25, -0.2) is 4.98 Å². The van der Waals surface area contributed by atoms with Crippen LogP contribution in [0.4, 0.5) is 0 Å². The molecule has 2 rings (SSSR count). The van der Waals surface area contributed by atoms with Crippen LogP contribution in [0.2, 0.25) is 0 Å². The molecule has 1 N–H and O–H groups in total. The minimum atomic E-state index is 0.457. The zero-order valence-corrected chi connectivity index (χ0v) is 7.57. The lowest BCUT2D eigenvalue weighted by molar-refractivity contribution is 1.25. The van der Waals surface area contributed by atoms with E-state index in [0.717, 1.165) is 17.0 Å². The monoisotopic (exact) mass is 183 g/mol. The van der Waals surface area contributed by atoms with Crippen molar-refractivity contribution in [2.24, 2.45) is 0 Å². The first kappa shape index (κ1) is 8.52. The van der Waals surface area contributed by atoms with Crippen molar-refractivity contribution in [2.45, 2.75) is 6.42 Å². The van der Waals surface area contributed by atoms with E-state index in [2.05, 4.69) is 16.0 Å². The Morgan fingerprint density at radius 1 is 1.29 bits per heavy atom. The van der Waals surface area contributed by atoms with Crippen LogP contribution in [0.5, 0.6) is 0 Å².